The van der Waals surface area contributed by atoms with Gasteiger partial charge in [0.1, 0.15) is 33.6 Å². The smallest absolute Gasteiger partial charge is 0.312 e. The largest absolute Gasteiger partial charge is 0.459 e. The van der Waals surface area contributed by atoms with Crippen LogP contribution < -0.4 is 0 Å². The SMILES string of the molecule is C.C.C.C.C.C.C.C.C.C.C.C.CCC(C)(C)C(=O)OC1(C)CCCC1.CCC(C)(C)C(=O)OC1(C)CCCCC1.CCC(C)(C)C(=O)OC1(C)CCCCCCCCC1.CCC(C)(C)C(=O)OC1(C)CCCCCCCCCCC1.CCC1(OC(=O)C(C)(C)CC)CCCC1.CCC1(OC(=O)C(C)(C)CC)CCCCC1. The van der Waals surface area contributed by atoms with Crippen molar-refractivity contribution in [3.05, 3.63) is 0 Å². The van der Waals surface area contributed by atoms with E-state index in [0.29, 0.717) is 0 Å². The molecule has 0 unspecified atom stereocenters. The summed E-state index contributed by atoms with van der Waals surface area (Å²) in [6, 6.07) is 0. The van der Waals surface area contributed by atoms with Crippen LogP contribution in [-0.4, -0.2) is 69.4 Å². The van der Waals surface area contributed by atoms with Gasteiger partial charge in [-0.1, -0.05) is 234 Å². The van der Waals surface area contributed by atoms with Crippen LogP contribution in [0.15, 0.2) is 0 Å². The Kier molecular flexibility index (Phi) is 76.9. The second-order valence-corrected chi connectivity index (χ2v) is 36.8. The van der Waals surface area contributed by atoms with E-state index in [-0.39, 0.29) is 191 Å². The number of ether oxygens (including phenoxy) is 6. The third kappa shape index (κ3) is 49.9. The third-order valence-corrected chi connectivity index (χ3v) is 25.1. The molecular formula is C100H212O12. The number of carbonyl (C=O) groups excluding carboxylic acids is 6. The molecule has 0 amide bonds. The van der Waals surface area contributed by atoms with Crippen molar-refractivity contribution in [3.63, 3.8) is 0 Å². The van der Waals surface area contributed by atoms with Gasteiger partial charge in [0, 0.05) is 0 Å². The van der Waals surface area contributed by atoms with Gasteiger partial charge in [0.05, 0.1) is 32.5 Å². The fourth-order valence-corrected chi connectivity index (χ4v) is 13.5. The highest BCUT2D eigenvalue weighted by atomic mass is 16.6. The Morgan fingerprint density at radius 3 is 0.446 bits per heavy atom. The fraction of sp³-hybridized carbons (Fsp3) is 0.940. The molecule has 0 aliphatic heterocycles. The second kappa shape index (κ2) is 63.8. The van der Waals surface area contributed by atoms with E-state index < -0.39 is 0 Å². The van der Waals surface area contributed by atoms with Crippen molar-refractivity contribution < 1.29 is 57.2 Å². The summed E-state index contributed by atoms with van der Waals surface area (Å²) in [5.41, 5.74) is -3.17. The lowest BCUT2D eigenvalue weighted by Gasteiger charge is -2.38. The van der Waals surface area contributed by atoms with Crippen molar-refractivity contribution in [2.75, 3.05) is 0 Å². The molecule has 12 heteroatoms. The molecule has 6 aliphatic carbocycles. The van der Waals surface area contributed by atoms with E-state index >= 15 is 0 Å². The van der Waals surface area contributed by atoms with Gasteiger partial charge in [0.15, 0.2) is 0 Å². The maximum absolute atomic E-state index is 12.4. The standard InChI is InChI=1S/C19H36O2.C17H32O2.C14H26O2.2C13H24O2.C12H22O2.12CH4/c1-5-18(2,3)17(20)21-19(4)15-13-11-9-7-6-8-10-12-14-16-19;1-5-16(2,3)15(18)19-17(4)13-11-9-7-6-8-10-12-14-17;1-5-13(3,4)12(15)16-14(6-2)10-8-7-9-11-14;1-5-12(2,3)11(14)15-13(4)9-7-6-8-10-13;1-5-12(3,4)11(14)15-13(6-2)9-7-8-10-13;1-5-11(2,3)10(13)14-12(4)8-6-7-9-12;;;;;;;;;;;;/h5-16H2,1-4H3;5-14H2,1-4H3;5-11H2,1-4H3;2*5-10H2,1-4H3;5-9H2,1-4H3;12*1H4. The summed E-state index contributed by atoms with van der Waals surface area (Å²) in [6.07, 6.45) is 52.3. The Balaban J connectivity index is -0.000000105. The molecule has 0 aromatic heterocycles. The second-order valence-electron chi connectivity index (χ2n) is 36.8. The summed E-state index contributed by atoms with van der Waals surface area (Å²) < 4.78 is 34.8. The van der Waals surface area contributed by atoms with Gasteiger partial charge in [0.25, 0.3) is 0 Å². The normalized spacial score (nSPS) is 18.9. The summed E-state index contributed by atoms with van der Waals surface area (Å²) in [7, 11) is 0. The average molecular weight is 1610 g/mol. The Bertz CT molecular complexity index is 2290. The van der Waals surface area contributed by atoms with Crippen LogP contribution in [0.25, 0.3) is 0 Å². The van der Waals surface area contributed by atoms with Gasteiger partial charge >= 0.3 is 35.8 Å². The average Bonchev–Trinajstić information content (AvgIpc) is 1.25. The zero-order valence-corrected chi connectivity index (χ0v) is 70.4. The monoisotopic (exact) mass is 1610 g/mol. The van der Waals surface area contributed by atoms with Crippen molar-refractivity contribution in [2.45, 2.75) is 584 Å². The van der Waals surface area contributed by atoms with E-state index in [1.54, 1.807) is 0 Å². The molecule has 0 heterocycles. The van der Waals surface area contributed by atoms with Gasteiger partial charge in [-0.15, -0.1) is 0 Å². The first-order chi connectivity index (χ1) is 46.5. The molecule has 0 N–H and O–H groups in total. The first-order valence-electron chi connectivity index (χ1n) is 41.9. The number of hydrogen-bond donors (Lipinski definition) is 0. The molecule has 12 nitrogen and oxygen atoms in total. The predicted octanol–water partition coefficient (Wildman–Crippen LogP) is 33.7. The molecule has 0 bridgehead atoms. The minimum atomic E-state index is -0.354. The van der Waals surface area contributed by atoms with E-state index in [4.69, 9.17) is 28.4 Å². The molecule has 6 fully saturated rings. The number of rotatable bonds is 20. The quantitative estimate of drug-likeness (QED) is 0.0840. The van der Waals surface area contributed by atoms with Gasteiger partial charge in [-0.2, -0.15) is 0 Å². The molecular weight excluding hydrogens is 1390 g/mol. The molecule has 6 saturated carbocycles. The molecule has 112 heavy (non-hydrogen) atoms. The Hall–Kier alpha value is -3.18. The summed E-state index contributed by atoms with van der Waals surface area (Å²) in [5.74, 6) is -0.138. The molecule has 684 valence electrons. The van der Waals surface area contributed by atoms with Crippen molar-refractivity contribution in [1.82, 2.24) is 0 Å². The van der Waals surface area contributed by atoms with Crippen LogP contribution in [0.4, 0.5) is 0 Å². The minimum absolute atomic E-state index is 0. The van der Waals surface area contributed by atoms with E-state index in [1.807, 2.05) is 111 Å². The zero-order chi connectivity index (χ0) is 76.2. The lowest BCUT2D eigenvalue weighted by Crippen LogP contribution is -2.40. The van der Waals surface area contributed by atoms with Crippen LogP contribution >= 0.6 is 0 Å². The Morgan fingerprint density at radius 1 is 0.196 bits per heavy atom. The number of esters is 6. The first kappa shape index (κ1) is 135. The van der Waals surface area contributed by atoms with E-state index in [2.05, 4.69) is 55.4 Å². The van der Waals surface area contributed by atoms with Gasteiger partial charge in [-0.05, 0) is 316 Å². The zero-order valence-electron chi connectivity index (χ0n) is 70.4. The lowest BCUT2D eigenvalue weighted by molar-refractivity contribution is -0.175. The first-order valence-corrected chi connectivity index (χ1v) is 41.9. The number of carbonyl (C=O) groups is 6. The fourth-order valence-electron chi connectivity index (χ4n) is 13.5. The van der Waals surface area contributed by atoms with Crippen LogP contribution in [0, 0.1) is 32.5 Å². The van der Waals surface area contributed by atoms with Crippen molar-refractivity contribution in [1.29, 1.82) is 0 Å². The van der Waals surface area contributed by atoms with E-state index in [1.165, 1.54) is 167 Å². The molecule has 6 aliphatic rings. The Morgan fingerprint density at radius 2 is 0.304 bits per heavy atom. The van der Waals surface area contributed by atoms with E-state index in [9.17, 15) is 28.8 Å². The van der Waals surface area contributed by atoms with Crippen LogP contribution in [0.2, 0.25) is 0 Å². The van der Waals surface area contributed by atoms with Crippen molar-refractivity contribution in [3.8, 4) is 0 Å². The molecule has 0 spiro atoms. The molecule has 0 atom stereocenters. The van der Waals surface area contributed by atoms with Crippen molar-refractivity contribution in [2.24, 2.45) is 32.5 Å². The van der Waals surface area contributed by atoms with Gasteiger partial charge in [-0.25, -0.2) is 0 Å². The molecule has 6 rings (SSSR count). The maximum Gasteiger partial charge on any atom is 0.312 e. The highest BCUT2D eigenvalue weighted by Gasteiger charge is 2.43. The highest BCUT2D eigenvalue weighted by molar-refractivity contribution is 5.78. The summed E-state index contributed by atoms with van der Waals surface area (Å²) in [4.78, 5) is 72.6. The lowest BCUT2D eigenvalue weighted by atomic mass is 9.82. The van der Waals surface area contributed by atoms with Crippen LogP contribution in [0.5, 0.6) is 0 Å². The number of hydrogen-bond acceptors (Lipinski definition) is 12. The van der Waals surface area contributed by atoms with Crippen LogP contribution in [-0.2, 0) is 57.2 Å². The van der Waals surface area contributed by atoms with Gasteiger partial charge in [0.2, 0.25) is 0 Å². The summed E-state index contributed by atoms with van der Waals surface area (Å²) in [5, 5.41) is 0. The topological polar surface area (TPSA) is 158 Å². The summed E-state index contributed by atoms with van der Waals surface area (Å²) >= 11 is 0. The molecule has 0 radical (unpaired) electrons. The predicted molar refractivity (Wildman–Crippen MR) is 497 cm³/mol. The van der Waals surface area contributed by atoms with Crippen LogP contribution in [0.3, 0.4) is 0 Å². The van der Waals surface area contributed by atoms with Crippen LogP contribution in [0.1, 0.15) is 551 Å². The molecule has 0 aromatic rings. The third-order valence-electron chi connectivity index (χ3n) is 25.1. The van der Waals surface area contributed by atoms with Gasteiger partial charge < -0.3 is 28.4 Å². The summed E-state index contributed by atoms with van der Waals surface area (Å²) in [6.45, 7) is 48.6. The molecule has 0 aromatic carbocycles. The molecule has 0 saturated heterocycles. The maximum atomic E-state index is 12.4. The van der Waals surface area contributed by atoms with E-state index in [0.717, 1.165) is 128 Å². The highest BCUT2D eigenvalue weighted by Crippen LogP contribution is 2.42. The Labute approximate surface area is 706 Å². The van der Waals surface area contributed by atoms with Gasteiger partial charge in [-0.3, -0.25) is 28.8 Å². The minimum Gasteiger partial charge on any atom is -0.459 e. The van der Waals surface area contributed by atoms with Crippen molar-refractivity contribution >= 4 is 35.8 Å².